The van der Waals surface area contributed by atoms with E-state index in [9.17, 15) is 14.5 Å². The third-order valence-electron chi connectivity index (χ3n) is 4.36. The average Bonchev–Trinajstić information content (AvgIpc) is 2.62. The second-order valence-corrected chi connectivity index (χ2v) is 6.28. The van der Waals surface area contributed by atoms with Gasteiger partial charge >= 0.3 is 5.69 Å². The highest BCUT2D eigenvalue weighted by atomic mass is 19.1. The summed E-state index contributed by atoms with van der Waals surface area (Å²) < 4.78 is 13.2. The number of pyridine rings is 1. The van der Waals surface area contributed by atoms with Gasteiger partial charge < -0.3 is 4.90 Å². The van der Waals surface area contributed by atoms with Gasteiger partial charge in [0.1, 0.15) is 5.82 Å². The Morgan fingerprint density at radius 1 is 1.23 bits per heavy atom. The molecule has 3 rings (SSSR count). The summed E-state index contributed by atoms with van der Waals surface area (Å²) in [5.74, 6) is 0.199. The molecule has 1 aliphatic heterocycles. The third kappa shape index (κ3) is 4.33. The molecule has 1 saturated heterocycles. The smallest absolute Gasteiger partial charge is 0.311 e. The fourth-order valence-electron chi connectivity index (χ4n) is 2.99. The lowest BCUT2D eigenvalue weighted by Crippen LogP contribution is -2.32. The summed E-state index contributed by atoms with van der Waals surface area (Å²) in [6.45, 7) is 3.22. The van der Waals surface area contributed by atoms with E-state index in [-0.39, 0.29) is 16.4 Å². The number of nitro groups is 1. The molecule has 134 valence electrons. The first-order chi connectivity index (χ1) is 12.5. The molecule has 6 heteroatoms. The molecule has 1 fully saturated rings. The fourth-order valence-corrected chi connectivity index (χ4v) is 2.99. The summed E-state index contributed by atoms with van der Waals surface area (Å²) in [7, 11) is 0. The summed E-state index contributed by atoms with van der Waals surface area (Å²) in [6.07, 6.45) is 7.48. The Balaban J connectivity index is 1.66. The first kappa shape index (κ1) is 17.8. The number of rotatable bonds is 4. The molecule has 0 aliphatic carbocycles. The zero-order chi connectivity index (χ0) is 18.5. The van der Waals surface area contributed by atoms with E-state index in [0.29, 0.717) is 18.9 Å². The average molecular weight is 353 g/mol. The molecule has 1 aliphatic rings. The zero-order valence-electron chi connectivity index (χ0n) is 14.6. The molecule has 0 atom stereocenters. The minimum Gasteiger partial charge on any atom is -0.350 e. The Labute approximate surface area is 151 Å². The van der Waals surface area contributed by atoms with Crippen molar-refractivity contribution >= 4 is 17.6 Å². The monoisotopic (exact) mass is 353 g/mol. The SMILES string of the molecule is Cc1ccc([N+](=O)[O-])c(N2CCC(=C/C=C/c3cccc(F)c3)CC2)n1. The number of anilines is 1. The van der Waals surface area contributed by atoms with Crippen molar-refractivity contribution in [3.63, 3.8) is 0 Å². The van der Waals surface area contributed by atoms with Gasteiger partial charge in [0.15, 0.2) is 0 Å². The summed E-state index contributed by atoms with van der Waals surface area (Å²) in [6, 6.07) is 9.62. The first-order valence-corrected chi connectivity index (χ1v) is 8.51. The summed E-state index contributed by atoms with van der Waals surface area (Å²) >= 11 is 0. The minimum absolute atomic E-state index is 0.0500. The lowest BCUT2D eigenvalue weighted by atomic mass is 10.0. The first-order valence-electron chi connectivity index (χ1n) is 8.51. The molecule has 26 heavy (non-hydrogen) atoms. The van der Waals surface area contributed by atoms with Gasteiger partial charge in [0.25, 0.3) is 0 Å². The predicted octanol–water partition coefficient (Wildman–Crippen LogP) is 4.68. The lowest BCUT2D eigenvalue weighted by molar-refractivity contribution is -0.384. The van der Waals surface area contributed by atoms with E-state index in [2.05, 4.69) is 4.98 Å². The van der Waals surface area contributed by atoms with Crippen molar-refractivity contribution < 1.29 is 9.31 Å². The molecule has 1 aromatic carbocycles. The van der Waals surface area contributed by atoms with Gasteiger partial charge in [-0.1, -0.05) is 35.9 Å². The van der Waals surface area contributed by atoms with Gasteiger partial charge in [0.2, 0.25) is 5.82 Å². The fraction of sp³-hybridized carbons (Fsp3) is 0.250. The van der Waals surface area contributed by atoms with Crippen molar-refractivity contribution in [2.75, 3.05) is 18.0 Å². The van der Waals surface area contributed by atoms with Crippen LogP contribution in [-0.4, -0.2) is 23.0 Å². The maximum Gasteiger partial charge on any atom is 0.311 e. The number of aromatic nitrogens is 1. The molecule has 0 spiro atoms. The largest absolute Gasteiger partial charge is 0.350 e. The van der Waals surface area contributed by atoms with E-state index >= 15 is 0 Å². The van der Waals surface area contributed by atoms with E-state index in [1.54, 1.807) is 12.1 Å². The van der Waals surface area contributed by atoms with E-state index in [1.807, 2.05) is 36.1 Å². The van der Waals surface area contributed by atoms with E-state index in [1.165, 1.54) is 23.8 Å². The number of aryl methyl sites for hydroxylation is 1. The molecule has 2 aromatic rings. The molecular weight excluding hydrogens is 333 g/mol. The van der Waals surface area contributed by atoms with Crippen LogP contribution in [0.15, 0.2) is 54.1 Å². The van der Waals surface area contributed by atoms with Gasteiger partial charge in [-0.2, -0.15) is 0 Å². The normalized spacial score (nSPS) is 14.7. The predicted molar refractivity (Wildman–Crippen MR) is 101 cm³/mol. The molecular formula is C20H20FN3O2. The Kier molecular flexibility index (Phi) is 5.41. The Morgan fingerprint density at radius 3 is 2.69 bits per heavy atom. The van der Waals surface area contributed by atoms with Crippen LogP contribution in [0.25, 0.3) is 6.08 Å². The third-order valence-corrected chi connectivity index (χ3v) is 4.36. The van der Waals surface area contributed by atoms with Crippen LogP contribution < -0.4 is 4.90 Å². The second-order valence-electron chi connectivity index (χ2n) is 6.28. The van der Waals surface area contributed by atoms with Crippen LogP contribution in [0.5, 0.6) is 0 Å². The summed E-state index contributed by atoms with van der Waals surface area (Å²) in [5, 5.41) is 11.2. The van der Waals surface area contributed by atoms with Crippen molar-refractivity contribution in [3.05, 3.63) is 81.3 Å². The number of nitrogens with zero attached hydrogens (tertiary/aromatic N) is 3. The van der Waals surface area contributed by atoms with Crippen LogP contribution >= 0.6 is 0 Å². The molecule has 0 saturated carbocycles. The van der Waals surface area contributed by atoms with Gasteiger partial charge in [-0.15, -0.1) is 0 Å². The van der Waals surface area contributed by atoms with Crippen LogP contribution in [0.2, 0.25) is 0 Å². The number of hydrogen-bond acceptors (Lipinski definition) is 4. The number of benzene rings is 1. The van der Waals surface area contributed by atoms with Crippen LogP contribution in [0, 0.1) is 22.9 Å². The number of piperidine rings is 1. The zero-order valence-corrected chi connectivity index (χ0v) is 14.6. The Morgan fingerprint density at radius 2 is 2.00 bits per heavy atom. The molecule has 5 nitrogen and oxygen atoms in total. The number of allylic oxidation sites excluding steroid dienone is 2. The van der Waals surface area contributed by atoms with Gasteiger partial charge in [0.05, 0.1) is 4.92 Å². The van der Waals surface area contributed by atoms with E-state index in [4.69, 9.17) is 0 Å². The second kappa shape index (κ2) is 7.91. The standard InChI is InChI=1S/C20H20FN3O2/c1-15-8-9-19(24(25)26)20(22-15)23-12-10-16(11-13-23)4-2-5-17-6-3-7-18(21)14-17/h2-9,14H,10-13H2,1H3/b5-2+. The van der Waals surface area contributed by atoms with Crippen molar-refractivity contribution in [2.24, 2.45) is 0 Å². The lowest BCUT2D eigenvalue weighted by Gasteiger charge is -2.29. The summed E-state index contributed by atoms with van der Waals surface area (Å²) in [5.41, 5.74) is 2.90. The Bertz CT molecular complexity index is 867. The van der Waals surface area contributed by atoms with E-state index < -0.39 is 0 Å². The molecule has 0 radical (unpaired) electrons. The van der Waals surface area contributed by atoms with Gasteiger partial charge in [-0.25, -0.2) is 9.37 Å². The topological polar surface area (TPSA) is 59.3 Å². The maximum atomic E-state index is 13.2. The number of hydrogen-bond donors (Lipinski definition) is 0. The molecule has 0 N–H and O–H groups in total. The van der Waals surface area contributed by atoms with Crippen molar-refractivity contribution in [2.45, 2.75) is 19.8 Å². The highest BCUT2D eigenvalue weighted by molar-refractivity contribution is 5.59. The minimum atomic E-state index is -0.380. The molecule has 0 amide bonds. The van der Waals surface area contributed by atoms with Crippen LogP contribution in [0.1, 0.15) is 24.1 Å². The Hall–Kier alpha value is -3.02. The van der Waals surface area contributed by atoms with Gasteiger partial charge in [-0.3, -0.25) is 10.1 Å². The van der Waals surface area contributed by atoms with Crippen molar-refractivity contribution in [1.82, 2.24) is 4.98 Å². The van der Waals surface area contributed by atoms with Crippen molar-refractivity contribution in [1.29, 1.82) is 0 Å². The van der Waals surface area contributed by atoms with Gasteiger partial charge in [0, 0.05) is 24.8 Å². The molecule has 0 unspecified atom stereocenters. The number of halogens is 1. The maximum absolute atomic E-state index is 13.2. The molecule has 2 heterocycles. The summed E-state index contributed by atoms with van der Waals surface area (Å²) in [4.78, 5) is 17.2. The van der Waals surface area contributed by atoms with Crippen LogP contribution in [-0.2, 0) is 0 Å². The highest BCUT2D eigenvalue weighted by Crippen LogP contribution is 2.29. The highest BCUT2D eigenvalue weighted by Gasteiger charge is 2.23. The van der Waals surface area contributed by atoms with Crippen LogP contribution in [0.3, 0.4) is 0 Å². The molecule has 1 aromatic heterocycles. The molecule has 0 bridgehead atoms. The van der Waals surface area contributed by atoms with E-state index in [0.717, 1.165) is 24.1 Å². The van der Waals surface area contributed by atoms with Crippen molar-refractivity contribution in [3.8, 4) is 0 Å². The quantitative estimate of drug-likeness (QED) is 0.592. The van der Waals surface area contributed by atoms with Crippen LogP contribution in [0.4, 0.5) is 15.9 Å². The van der Waals surface area contributed by atoms with Gasteiger partial charge in [-0.05, 0) is 43.5 Å².